The number of hydrogen-bond donors (Lipinski definition) is 2. The van der Waals surface area contributed by atoms with E-state index in [1.54, 1.807) is 27.8 Å². The zero-order valence-electron chi connectivity index (χ0n) is 11.0. The zero-order valence-corrected chi connectivity index (χ0v) is 11.0. The molecule has 0 spiro atoms. The molecule has 17 heavy (non-hydrogen) atoms. The highest BCUT2D eigenvalue weighted by atomic mass is 16.4. The molecular formula is C12H22N2O3. The number of carboxylic acid groups (broad SMARTS) is 1. The lowest BCUT2D eigenvalue weighted by Gasteiger charge is -2.44. The van der Waals surface area contributed by atoms with E-state index >= 15 is 0 Å². The van der Waals surface area contributed by atoms with Gasteiger partial charge in [0.15, 0.2) is 0 Å². The Morgan fingerprint density at radius 2 is 1.94 bits per heavy atom. The minimum atomic E-state index is -1.07. The van der Waals surface area contributed by atoms with Crippen LogP contribution in [0.25, 0.3) is 0 Å². The van der Waals surface area contributed by atoms with Crippen molar-refractivity contribution in [1.29, 1.82) is 0 Å². The third-order valence-corrected chi connectivity index (χ3v) is 3.76. The van der Waals surface area contributed by atoms with Gasteiger partial charge in [-0.05, 0) is 47.1 Å². The number of hydrogen-bond acceptors (Lipinski definition) is 3. The minimum Gasteiger partial charge on any atom is -0.480 e. The number of aliphatic carboxylic acids is 1. The summed E-state index contributed by atoms with van der Waals surface area (Å²) < 4.78 is 0. The number of likely N-dealkylation sites (N-methyl/N-ethyl adjacent to an activating group) is 1. The van der Waals surface area contributed by atoms with E-state index in [0.29, 0.717) is 13.0 Å². The van der Waals surface area contributed by atoms with Crippen LogP contribution < -0.4 is 5.32 Å². The average molecular weight is 242 g/mol. The quantitative estimate of drug-likeness (QED) is 0.769. The highest BCUT2D eigenvalue weighted by molar-refractivity contribution is 5.91. The van der Waals surface area contributed by atoms with Gasteiger partial charge in [-0.2, -0.15) is 0 Å². The fourth-order valence-electron chi connectivity index (χ4n) is 2.11. The van der Waals surface area contributed by atoms with Crippen molar-refractivity contribution in [3.8, 4) is 0 Å². The smallest absolute Gasteiger partial charge is 0.329 e. The molecule has 0 aromatic carbocycles. The van der Waals surface area contributed by atoms with Crippen LogP contribution in [-0.2, 0) is 9.59 Å². The summed E-state index contributed by atoms with van der Waals surface area (Å²) in [5, 5.41) is 12.3. The van der Waals surface area contributed by atoms with Gasteiger partial charge >= 0.3 is 5.97 Å². The number of carboxylic acids is 1. The van der Waals surface area contributed by atoms with Crippen LogP contribution in [0, 0.1) is 0 Å². The maximum atomic E-state index is 12.4. The van der Waals surface area contributed by atoms with Crippen LogP contribution in [0.2, 0.25) is 0 Å². The van der Waals surface area contributed by atoms with Crippen LogP contribution in [0.5, 0.6) is 0 Å². The lowest BCUT2D eigenvalue weighted by Crippen LogP contribution is -2.64. The van der Waals surface area contributed by atoms with Crippen LogP contribution in [0.4, 0.5) is 0 Å². The highest BCUT2D eigenvalue weighted by Crippen LogP contribution is 2.30. The predicted molar refractivity (Wildman–Crippen MR) is 64.7 cm³/mol. The molecule has 5 nitrogen and oxygen atoms in total. The van der Waals surface area contributed by atoms with Crippen molar-refractivity contribution in [2.24, 2.45) is 0 Å². The summed E-state index contributed by atoms with van der Waals surface area (Å²) >= 11 is 0. The summed E-state index contributed by atoms with van der Waals surface area (Å²) in [6, 6.07) is 0. The van der Waals surface area contributed by atoms with Crippen molar-refractivity contribution >= 4 is 11.9 Å². The van der Waals surface area contributed by atoms with Gasteiger partial charge in [0, 0.05) is 6.54 Å². The molecule has 0 aliphatic carbocycles. The van der Waals surface area contributed by atoms with Gasteiger partial charge < -0.3 is 15.3 Å². The Morgan fingerprint density at radius 1 is 1.35 bits per heavy atom. The van der Waals surface area contributed by atoms with Gasteiger partial charge in [-0.25, -0.2) is 4.79 Å². The molecule has 1 fully saturated rings. The van der Waals surface area contributed by atoms with Crippen LogP contribution in [0.15, 0.2) is 0 Å². The second-order valence-electron chi connectivity index (χ2n) is 5.37. The molecule has 1 rings (SSSR count). The van der Waals surface area contributed by atoms with E-state index in [4.69, 9.17) is 0 Å². The Hall–Kier alpha value is -1.10. The monoisotopic (exact) mass is 242 g/mol. The topological polar surface area (TPSA) is 69.6 Å². The van der Waals surface area contributed by atoms with Gasteiger partial charge in [-0.15, -0.1) is 0 Å². The number of likely N-dealkylation sites (tertiary alicyclic amines) is 1. The van der Waals surface area contributed by atoms with Gasteiger partial charge in [-0.1, -0.05) is 0 Å². The van der Waals surface area contributed by atoms with Crippen molar-refractivity contribution < 1.29 is 14.7 Å². The number of nitrogens with one attached hydrogen (secondary N) is 1. The summed E-state index contributed by atoms with van der Waals surface area (Å²) in [6.07, 6.45) is 2.24. The second kappa shape index (κ2) is 4.64. The van der Waals surface area contributed by atoms with E-state index in [0.717, 1.165) is 12.8 Å². The maximum Gasteiger partial charge on any atom is 0.329 e. The van der Waals surface area contributed by atoms with Crippen molar-refractivity contribution in [1.82, 2.24) is 10.2 Å². The molecular weight excluding hydrogens is 220 g/mol. The normalized spacial score (nSPS) is 25.8. The zero-order chi connectivity index (χ0) is 13.3. The van der Waals surface area contributed by atoms with Gasteiger partial charge in [0.05, 0.1) is 5.54 Å². The largest absolute Gasteiger partial charge is 0.480 e. The van der Waals surface area contributed by atoms with Crippen molar-refractivity contribution in [3.05, 3.63) is 0 Å². The van der Waals surface area contributed by atoms with E-state index in [2.05, 4.69) is 5.32 Å². The number of nitrogens with zero attached hydrogens (tertiary/aromatic N) is 1. The molecule has 1 atom stereocenters. The molecule has 1 unspecified atom stereocenters. The Labute approximate surface area is 102 Å². The number of rotatable bonds is 3. The Kier molecular flexibility index (Phi) is 3.81. The van der Waals surface area contributed by atoms with Crippen molar-refractivity contribution in [2.75, 3.05) is 13.6 Å². The van der Waals surface area contributed by atoms with Crippen LogP contribution in [0.3, 0.4) is 0 Å². The third kappa shape index (κ3) is 2.44. The Bertz CT molecular complexity index is 328. The fraction of sp³-hybridized carbons (Fsp3) is 0.833. The maximum absolute atomic E-state index is 12.4. The molecule has 1 heterocycles. The number of amides is 1. The molecule has 1 saturated heterocycles. The predicted octanol–water partition coefficient (Wildman–Crippen LogP) is 0.840. The van der Waals surface area contributed by atoms with E-state index in [9.17, 15) is 14.7 Å². The van der Waals surface area contributed by atoms with Crippen LogP contribution in [0.1, 0.15) is 40.0 Å². The van der Waals surface area contributed by atoms with E-state index < -0.39 is 17.0 Å². The lowest BCUT2D eigenvalue weighted by molar-refractivity contribution is -0.163. The first kappa shape index (κ1) is 14.0. The third-order valence-electron chi connectivity index (χ3n) is 3.76. The van der Waals surface area contributed by atoms with E-state index in [-0.39, 0.29) is 5.91 Å². The fourth-order valence-corrected chi connectivity index (χ4v) is 2.11. The van der Waals surface area contributed by atoms with Gasteiger partial charge in [0.1, 0.15) is 5.54 Å². The summed E-state index contributed by atoms with van der Waals surface area (Å²) in [7, 11) is 1.71. The number of piperidine rings is 1. The SMILES string of the molecule is CNC(C)(C)C(=O)N1CCCCC1(C)C(=O)O. The summed E-state index contributed by atoms with van der Waals surface area (Å²) in [6.45, 7) is 5.70. The Morgan fingerprint density at radius 3 is 2.41 bits per heavy atom. The minimum absolute atomic E-state index is 0.149. The molecule has 1 aliphatic heterocycles. The summed E-state index contributed by atoms with van der Waals surface area (Å²) in [5.41, 5.74) is -1.79. The second-order valence-corrected chi connectivity index (χ2v) is 5.37. The molecule has 98 valence electrons. The van der Waals surface area contributed by atoms with Crippen molar-refractivity contribution in [2.45, 2.75) is 51.1 Å². The first-order chi connectivity index (χ1) is 7.75. The number of carbonyl (C=O) groups is 2. The molecule has 0 saturated carbocycles. The number of carbonyl (C=O) groups excluding carboxylic acids is 1. The molecule has 0 bridgehead atoms. The molecule has 0 aromatic heterocycles. The van der Waals surface area contributed by atoms with Crippen LogP contribution >= 0.6 is 0 Å². The van der Waals surface area contributed by atoms with Gasteiger partial charge in [-0.3, -0.25) is 4.79 Å². The lowest BCUT2D eigenvalue weighted by atomic mass is 9.86. The first-order valence-corrected chi connectivity index (χ1v) is 6.00. The van der Waals surface area contributed by atoms with E-state index in [1.165, 1.54) is 4.90 Å². The van der Waals surface area contributed by atoms with Gasteiger partial charge in [0.2, 0.25) is 5.91 Å². The Balaban J connectivity index is 3.01. The van der Waals surface area contributed by atoms with Gasteiger partial charge in [0.25, 0.3) is 0 Å². The molecule has 0 radical (unpaired) electrons. The molecule has 5 heteroatoms. The first-order valence-electron chi connectivity index (χ1n) is 6.00. The standard InChI is InChI=1S/C12H22N2O3/c1-11(2,13-4)9(15)14-8-6-5-7-12(14,3)10(16)17/h13H,5-8H2,1-4H3,(H,16,17). The average Bonchev–Trinajstić information content (AvgIpc) is 2.28. The van der Waals surface area contributed by atoms with Crippen molar-refractivity contribution in [3.63, 3.8) is 0 Å². The molecule has 1 aliphatic rings. The summed E-state index contributed by atoms with van der Waals surface area (Å²) in [4.78, 5) is 25.3. The molecule has 2 N–H and O–H groups in total. The van der Waals surface area contributed by atoms with E-state index in [1.807, 2.05) is 0 Å². The molecule has 0 aromatic rings. The highest BCUT2D eigenvalue weighted by Gasteiger charge is 2.47. The van der Waals surface area contributed by atoms with Crippen LogP contribution in [-0.4, -0.2) is 46.6 Å². The molecule has 1 amide bonds. The summed E-state index contributed by atoms with van der Waals surface area (Å²) in [5.74, 6) is -1.07.